The van der Waals surface area contributed by atoms with Crippen molar-refractivity contribution >= 4 is 39.2 Å². The summed E-state index contributed by atoms with van der Waals surface area (Å²) in [5.41, 5.74) is 1.45. The van der Waals surface area contributed by atoms with Crippen LogP contribution in [0.1, 0.15) is 16.5 Å². The Morgan fingerprint density at radius 3 is 2.16 bits per heavy atom. The number of halogens is 2. The molecular weight excluding hydrogens is 385 g/mol. The molecule has 0 saturated heterocycles. The highest BCUT2D eigenvalue weighted by Crippen LogP contribution is 2.27. The first-order valence-electron chi connectivity index (χ1n) is 7.31. The first-order chi connectivity index (χ1) is 11.7. The minimum absolute atomic E-state index is 0.0342. The zero-order chi connectivity index (χ0) is 18.6. The molecule has 0 aliphatic rings. The number of rotatable bonds is 6. The third-order valence-electron chi connectivity index (χ3n) is 3.55. The van der Waals surface area contributed by atoms with Crippen molar-refractivity contribution in [1.82, 2.24) is 4.72 Å². The molecule has 0 radical (unpaired) electrons. The Balaban J connectivity index is 2.32. The number of aryl methyl sites for hydroxylation is 1. The Morgan fingerprint density at radius 2 is 1.64 bits per heavy atom. The molecule has 0 saturated carbocycles. The van der Waals surface area contributed by atoms with Crippen LogP contribution in [0.3, 0.4) is 0 Å². The molecule has 0 aliphatic heterocycles. The van der Waals surface area contributed by atoms with Crippen molar-refractivity contribution in [1.29, 1.82) is 0 Å². The topological polar surface area (TPSA) is 72.5 Å². The monoisotopic (exact) mass is 401 g/mol. The number of esters is 1. The molecule has 0 aromatic heterocycles. The van der Waals surface area contributed by atoms with E-state index in [4.69, 9.17) is 27.9 Å². The van der Waals surface area contributed by atoms with Gasteiger partial charge < -0.3 is 4.74 Å². The van der Waals surface area contributed by atoms with Gasteiger partial charge in [0, 0.05) is 5.02 Å². The minimum Gasteiger partial charge on any atom is -0.468 e. The van der Waals surface area contributed by atoms with Crippen LogP contribution in [-0.2, 0) is 19.6 Å². The van der Waals surface area contributed by atoms with Crippen LogP contribution < -0.4 is 4.72 Å². The van der Waals surface area contributed by atoms with Gasteiger partial charge >= 0.3 is 5.97 Å². The maximum Gasteiger partial charge on any atom is 0.325 e. The molecule has 2 rings (SSSR count). The highest BCUT2D eigenvalue weighted by atomic mass is 35.5. The molecule has 5 nitrogen and oxygen atoms in total. The lowest BCUT2D eigenvalue weighted by Crippen LogP contribution is -2.44. The number of ether oxygens (including phenoxy) is 1. The number of methoxy groups -OCH3 is 1. The third kappa shape index (κ3) is 4.95. The maximum atomic E-state index is 12.6. The van der Waals surface area contributed by atoms with Gasteiger partial charge in [0.2, 0.25) is 10.0 Å². The van der Waals surface area contributed by atoms with Gasteiger partial charge in [0.15, 0.2) is 0 Å². The second-order valence-corrected chi connectivity index (χ2v) is 8.01. The first-order valence-corrected chi connectivity index (χ1v) is 9.60. The Kier molecular flexibility index (Phi) is 6.46. The molecule has 2 unspecified atom stereocenters. The molecule has 0 aliphatic carbocycles. The van der Waals surface area contributed by atoms with Gasteiger partial charge in [-0.1, -0.05) is 41.4 Å². The number of alkyl halides is 1. The van der Waals surface area contributed by atoms with E-state index in [-0.39, 0.29) is 4.90 Å². The minimum atomic E-state index is -3.95. The van der Waals surface area contributed by atoms with E-state index in [1.54, 1.807) is 36.4 Å². The Morgan fingerprint density at radius 1 is 1.08 bits per heavy atom. The molecule has 2 aromatic rings. The van der Waals surface area contributed by atoms with E-state index in [1.165, 1.54) is 19.2 Å². The van der Waals surface area contributed by atoms with E-state index in [2.05, 4.69) is 4.72 Å². The summed E-state index contributed by atoms with van der Waals surface area (Å²) in [5, 5.41) is -0.465. The summed E-state index contributed by atoms with van der Waals surface area (Å²) in [7, 11) is -2.79. The lowest BCUT2D eigenvalue weighted by atomic mass is 10.1. The number of carbonyl (C=O) groups is 1. The number of hydrogen-bond donors (Lipinski definition) is 1. The fraction of sp³-hybridized carbons (Fsp3) is 0.235. The average Bonchev–Trinajstić information content (AvgIpc) is 2.59. The Hall–Kier alpha value is -1.60. The zero-order valence-electron chi connectivity index (χ0n) is 13.6. The van der Waals surface area contributed by atoms with Crippen molar-refractivity contribution in [3.8, 4) is 0 Å². The van der Waals surface area contributed by atoms with E-state index < -0.39 is 27.4 Å². The molecule has 1 N–H and O–H groups in total. The summed E-state index contributed by atoms with van der Waals surface area (Å²) in [6.45, 7) is 1.84. The van der Waals surface area contributed by atoms with E-state index in [9.17, 15) is 13.2 Å². The van der Waals surface area contributed by atoms with Crippen LogP contribution in [0, 0.1) is 6.92 Å². The van der Waals surface area contributed by atoms with Gasteiger partial charge in [0.25, 0.3) is 0 Å². The van der Waals surface area contributed by atoms with Crippen LogP contribution in [0.2, 0.25) is 5.02 Å². The Labute approximate surface area is 157 Å². The summed E-state index contributed by atoms with van der Waals surface area (Å²) in [6, 6.07) is 11.4. The van der Waals surface area contributed by atoms with Crippen molar-refractivity contribution in [2.75, 3.05) is 7.11 Å². The second kappa shape index (κ2) is 8.19. The summed E-state index contributed by atoms with van der Waals surface area (Å²) < 4.78 is 32.2. The van der Waals surface area contributed by atoms with Gasteiger partial charge in [0.1, 0.15) is 6.04 Å². The fourth-order valence-corrected chi connectivity index (χ4v) is 3.86. The zero-order valence-corrected chi connectivity index (χ0v) is 15.9. The molecule has 0 bridgehead atoms. The quantitative estimate of drug-likeness (QED) is 0.594. The van der Waals surface area contributed by atoms with Crippen LogP contribution in [0.5, 0.6) is 0 Å². The highest BCUT2D eigenvalue weighted by Gasteiger charge is 2.33. The van der Waals surface area contributed by atoms with Crippen LogP contribution in [0.25, 0.3) is 0 Å². The molecule has 0 spiro atoms. The predicted octanol–water partition coefficient (Wildman–Crippen LogP) is 3.45. The molecule has 134 valence electrons. The SMILES string of the molecule is COC(=O)C(NS(=O)(=O)c1ccc(C)cc1)C(Cl)c1ccc(Cl)cc1. The largest absolute Gasteiger partial charge is 0.468 e. The van der Waals surface area contributed by atoms with Crippen molar-refractivity contribution < 1.29 is 17.9 Å². The van der Waals surface area contributed by atoms with Gasteiger partial charge in [-0.3, -0.25) is 4.79 Å². The van der Waals surface area contributed by atoms with Crippen molar-refractivity contribution in [2.24, 2.45) is 0 Å². The maximum absolute atomic E-state index is 12.6. The Bertz CT molecular complexity index is 836. The van der Waals surface area contributed by atoms with E-state index in [0.717, 1.165) is 5.56 Å². The normalized spacial score (nSPS) is 13.9. The molecule has 25 heavy (non-hydrogen) atoms. The van der Waals surface area contributed by atoms with Crippen LogP contribution >= 0.6 is 23.2 Å². The number of sulfonamides is 1. The summed E-state index contributed by atoms with van der Waals surface area (Å²) in [4.78, 5) is 12.1. The summed E-state index contributed by atoms with van der Waals surface area (Å²) in [5.74, 6) is -0.786. The molecule has 2 atom stereocenters. The van der Waals surface area contributed by atoms with E-state index in [0.29, 0.717) is 10.6 Å². The molecule has 0 amide bonds. The first kappa shape index (κ1) is 19.7. The number of carbonyl (C=O) groups excluding carboxylic acids is 1. The summed E-state index contributed by atoms with van der Waals surface area (Å²) >= 11 is 12.2. The molecular formula is C17H17Cl2NO4S. The van der Waals surface area contributed by atoms with E-state index in [1.807, 2.05) is 6.92 Å². The van der Waals surface area contributed by atoms with Crippen LogP contribution in [0.15, 0.2) is 53.4 Å². The van der Waals surface area contributed by atoms with Crippen LogP contribution in [0.4, 0.5) is 0 Å². The predicted molar refractivity (Wildman–Crippen MR) is 97.4 cm³/mol. The average molecular weight is 402 g/mol. The lowest BCUT2D eigenvalue weighted by Gasteiger charge is -2.21. The number of nitrogens with one attached hydrogen (secondary N) is 1. The smallest absolute Gasteiger partial charge is 0.325 e. The van der Waals surface area contributed by atoms with Gasteiger partial charge in [0.05, 0.1) is 17.4 Å². The molecule has 0 heterocycles. The molecule has 8 heteroatoms. The number of hydrogen-bond acceptors (Lipinski definition) is 4. The van der Waals surface area contributed by atoms with Crippen molar-refractivity contribution in [3.05, 3.63) is 64.7 Å². The second-order valence-electron chi connectivity index (χ2n) is 5.39. The van der Waals surface area contributed by atoms with Gasteiger partial charge in [-0.2, -0.15) is 4.72 Å². The standard InChI is InChI=1S/C17H17Cl2NO4S/c1-11-3-9-14(10-4-11)25(22,23)20-16(17(21)24-2)15(19)12-5-7-13(18)8-6-12/h3-10,15-16,20H,1-2H3. The van der Waals surface area contributed by atoms with Gasteiger partial charge in [-0.15, -0.1) is 11.6 Å². The lowest BCUT2D eigenvalue weighted by molar-refractivity contribution is -0.142. The van der Waals surface area contributed by atoms with Crippen molar-refractivity contribution in [2.45, 2.75) is 23.2 Å². The highest BCUT2D eigenvalue weighted by molar-refractivity contribution is 7.89. The van der Waals surface area contributed by atoms with E-state index >= 15 is 0 Å². The molecule has 0 fully saturated rings. The fourth-order valence-electron chi connectivity index (χ4n) is 2.15. The van der Waals surface area contributed by atoms with Crippen molar-refractivity contribution in [3.63, 3.8) is 0 Å². The van der Waals surface area contributed by atoms with Gasteiger partial charge in [-0.05, 0) is 36.8 Å². The summed E-state index contributed by atoms with van der Waals surface area (Å²) in [6.07, 6.45) is 0. The third-order valence-corrected chi connectivity index (χ3v) is 5.76. The van der Waals surface area contributed by atoms with Gasteiger partial charge in [-0.25, -0.2) is 8.42 Å². The number of benzene rings is 2. The molecule has 2 aromatic carbocycles. The van der Waals surface area contributed by atoms with Crippen LogP contribution in [-0.4, -0.2) is 27.5 Å².